The Morgan fingerprint density at radius 1 is 1.11 bits per heavy atom. The molecule has 2 fully saturated rings. The van der Waals surface area contributed by atoms with Gasteiger partial charge in [0, 0.05) is 18.2 Å². The number of aromatic nitrogens is 3. The van der Waals surface area contributed by atoms with Crippen molar-refractivity contribution in [2.45, 2.75) is 51.2 Å². The molecule has 2 heterocycles. The minimum atomic E-state index is -4.51. The Balaban J connectivity index is 1.63. The van der Waals surface area contributed by atoms with Crippen molar-refractivity contribution in [1.82, 2.24) is 15.2 Å². The smallest absolute Gasteiger partial charge is 0.416 e. The van der Waals surface area contributed by atoms with Crippen LogP contribution in [0.3, 0.4) is 0 Å². The molecule has 1 aromatic heterocycles. The largest absolute Gasteiger partial charge is 0.507 e. The highest BCUT2D eigenvalue weighted by molar-refractivity contribution is 5.69. The molecule has 0 radical (unpaired) electrons. The Bertz CT molecular complexity index is 855. The minimum Gasteiger partial charge on any atom is -0.507 e. The summed E-state index contributed by atoms with van der Waals surface area (Å²) in [7, 11) is 0. The number of aromatic hydroxyl groups is 1. The predicted molar refractivity (Wildman–Crippen MR) is 94.4 cm³/mol. The van der Waals surface area contributed by atoms with E-state index in [0.717, 1.165) is 25.5 Å². The second-order valence-electron chi connectivity index (χ2n) is 7.37. The molecular formula is C19H21F3N4O. The van der Waals surface area contributed by atoms with Crippen molar-refractivity contribution in [2.24, 2.45) is 5.92 Å². The molecular weight excluding hydrogens is 357 g/mol. The second-order valence-corrected chi connectivity index (χ2v) is 7.37. The molecule has 1 aromatic carbocycles. The highest BCUT2D eigenvalue weighted by Gasteiger charge is 2.37. The number of hydrogen-bond acceptors (Lipinski definition) is 5. The van der Waals surface area contributed by atoms with Gasteiger partial charge in [-0.1, -0.05) is 12.8 Å². The molecule has 0 unspecified atom stereocenters. The van der Waals surface area contributed by atoms with Crippen molar-refractivity contribution in [2.75, 3.05) is 11.4 Å². The lowest BCUT2D eigenvalue weighted by Gasteiger charge is -2.31. The van der Waals surface area contributed by atoms with Crippen molar-refractivity contribution >= 4 is 5.95 Å². The lowest BCUT2D eigenvalue weighted by atomic mass is 9.85. The van der Waals surface area contributed by atoms with Gasteiger partial charge in [-0.15, -0.1) is 10.2 Å². The van der Waals surface area contributed by atoms with E-state index in [2.05, 4.69) is 20.1 Å². The van der Waals surface area contributed by atoms with Crippen molar-refractivity contribution in [3.05, 3.63) is 29.5 Å². The Morgan fingerprint density at radius 2 is 1.89 bits per heavy atom. The van der Waals surface area contributed by atoms with Gasteiger partial charge in [0.1, 0.15) is 11.4 Å². The molecule has 4 rings (SSSR count). The summed E-state index contributed by atoms with van der Waals surface area (Å²) in [6.07, 6.45) is 1.49. The van der Waals surface area contributed by atoms with Crippen molar-refractivity contribution < 1.29 is 18.3 Å². The summed E-state index contributed by atoms with van der Waals surface area (Å²) in [5, 5.41) is 18.5. The number of nitrogens with zero attached hydrogens (tertiary/aromatic N) is 4. The molecule has 2 aromatic rings. The third-order valence-corrected chi connectivity index (χ3v) is 5.70. The van der Waals surface area contributed by atoms with Crippen molar-refractivity contribution in [1.29, 1.82) is 0 Å². The number of rotatable bonds is 2. The van der Waals surface area contributed by atoms with E-state index in [-0.39, 0.29) is 5.56 Å². The van der Waals surface area contributed by atoms with Gasteiger partial charge in [-0.25, -0.2) is 4.98 Å². The van der Waals surface area contributed by atoms with Gasteiger partial charge in [0.15, 0.2) is 0 Å². The number of fused-ring (bicyclic) bond motifs is 1. The maximum Gasteiger partial charge on any atom is 0.416 e. The lowest BCUT2D eigenvalue weighted by Crippen LogP contribution is -2.36. The van der Waals surface area contributed by atoms with Crippen LogP contribution in [0.5, 0.6) is 5.75 Å². The quantitative estimate of drug-likeness (QED) is 0.842. The molecule has 5 nitrogen and oxygen atoms in total. The maximum atomic E-state index is 12.8. The lowest BCUT2D eigenvalue weighted by molar-refractivity contribution is -0.137. The Hall–Kier alpha value is -2.38. The maximum absolute atomic E-state index is 12.8. The van der Waals surface area contributed by atoms with E-state index in [9.17, 15) is 18.3 Å². The molecule has 1 N–H and O–H groups in total. The summed E-state index contributed by atoms with van der Waals surface area (Å²) in [5.74, 6) is 0.767. The average Bonchev–Trinajstić information content (AvgIpc) is 3.05. The molecule has 27 heavy (non-hydrogen) atoms. The van der Waals surface area contributed by atoms with Gasteiger partial charge in [-0.2, -0.15) is 13.2 Å². The van der Waals surface area contributed by atoms with Gasteiger partial charge in [-0.3, -0.25) is 0 Å². The zero-order chi connectivity index (χ0) is 19.2. The van der Waals surface area contributed by atoms with Gasteiger partial charge in [0.2, 0.25) is 5.95 Å². The normalized spacial score (nSPS) is 22.7. The third kappa shape index (κ3) is 3.33. The van der Waals surface area contributed by atoms with Gasteiger partial charge < -0.3 is 10.0 Å². The zero-order valence-corrected chi connectivity index (χ0v) is 15.0. The molecule has 0 spiro atoms. The first-order valence-corrected chi connectivity index (χ1v) is 9.23. The number of hydrogen-bond donors (Lipinski definition) is 1. The first kappa shape index (κ1) is 18.0. The van der Waals surface area contributed by atoms with E-state index in [1.807, 2.05) is 0 Å². The Morgan fingerprint density at radius 3 is 2.59 bits per heavy atom. The number of benzene rings is 1. The Kier molecular flexibility index (Phi) is 4.44. The second kappa shape index (κ2) is 6.65. The van der Waals surface area contributed by atoms with Crippen LogP contribution in [0.25, 0.3) is 11.3 Å². The molecule has 1 aliphatic carbocycles. The average molecular weight is 378 g/mol. The zero-order valence-electron chi connectivity index (χ0n) is 15.0. The summed E-state index contributed by atoms with van der Waals surface area (Å²) < 4.78 is 38.4. The van der Waals surface area contributed by atoms with E-state index in [1.165, 1.54) is 25.3 Å². The molecule has 0 bridgehead atoms. The van der Waals surface area contributed by atoms with Crippen LogP contribution in [-0.2, 0) is 6.18 Å². The molecule has 0 amide bonds. The minimum absolute atomic E-state index is 0.198. The fourth-order valence-corrected chi connectivity index (χ4v) is 4.33. The standard InChI is InChI=1S/C19H21F3N4O/c1-11-17(14-7-6-13(10-16(14)27)19(20,21)22)24-25-18(23-11)26-9-8-12-4-2-3-5-15(12)26/h6-7,10,12,15,27H,2-5,8-9H2,1H3/t12-,15-/m1/s1. The van der Waals surface area contributed by atoms with Gasteiger partial charge in [-0.05, 0) is 50.3 Å². The van der Waals surface area contributed by atoms with Crippen LogP contribution in [-0.4, -0.2) is 32.9 Å². The van der Waals surface area contributed by atoms with Gasteiger partial charge in [0.25, 0.3) is 0 Å². The van der Waals surface area contributed by atoms with E-state index in [1.54, 1.807) is 6.92 Å². The monoisotopic (exact) mass is 378 g/mol. The van der Waals surface area contributed by atoms with E-state index in [0.29, 0.717) is 35.4 Å². The van der Waals surface area contributed by atoms with Crippen LogP contribution < -0.4 is 4.90 Å². The highest BCUT2D eigenvalue weighted by atomic mass is 19.4. The molecule has 8 heteroatoms. The molecule has 2 atom stereocenters. The van der Waals surface area contributed by atoms with Gasteiger partial charge >= 0.3 is 6.18 Å². The van der Waals surface area contributed by atoms with Crippen LogP contribution in [0.2, 0.25) is 0 Å². The number of halogens is 3. The van der Waals surface area contributed by atoms with Crippen molar-refractivity contribution in [3.63, 3.8) is 0 Å². The van der Waals surface area contributed by atoms with E-state index < -0.39 is 17.5 Å². The molecule has 2 aliphatic rings. The summed E-state index contributed by atoms with van der Waals surface area (Å²) in [5.41, 5.74) is 0.127. The van der Waals surface area contributed by atoms with Crippen molar-refractivity contribution in [3.8, 4) is 17.0 Å². The Labute approximate surface area is 155 Å². The molecule has 1 aliphatic heterocycles. The van der Waals surface area contributed by atoms with Crippen LogP contribution >= 0.6 is 0 Å². The molecule has 1 saturated heterocycles. The third-order valence-electron chi connectivity index (χ3n) is 5.70. The fraction of sp³-hybridized carbons (Fsp3) is 0.526. The number of phenolic OH excluding ortho intramolecular Hbond substituents is 1. The number of anilines is 1. The van der Waals surface area contributed by atoms with Crippen LogP contribution in [0.4, 0.5) is 19.1 Å². The number of phenols is 1. The number of alkyl halides is 3. The van der Waals surface area contributed by atoms with Crippen LogP contribution in [0.15, 0.2) is 18.2 Å². The molecule has 144 valence electrons. The highest BCUT2D eigenvalue weighted by Crippen LogP contribution is 2.39. The fourth-order valence-electron chi connectivity index (χ4n) is 4.33. The van der Waals surface area contributed by atoms with E-state index >= 15 is 0 Å². The van der Waals surface area contributed by atoms with E-state index in [4.69, 9.17) is 0 Å². The molecule has 1 saturated carbocycles. The SMILES string of the molecule is Cc1nc(N2CC[C@H]3CCCC[C@H]32)nnc1-c1ccc(C(F)(F)F)cc1O. The predicted octanol–water partition coefficient (Wildman–Crippen LogP) is 4.34. The first-order chi connectivity index (χ1) is 12.8. The number of aryl methyl sites for hydroxylation is 1. The summed E-state index contributed by atoms with van der Waals surface area (Å²) in [6.45, 7) is 2.64. The summed E-state index contributed by atoms with van der Waals surface area (Å²) >= 11 is 0. The topological polar surface area (TPSA) is 62.1 Å². The summed E-state index contributed by atoms with van der Waals surface area (Å²) in [6, 6.07) is 3.29. The summed E-state index contributed by atoms with van der Waals surface area (Å²) in [4.78, 5) is 6.76. The van der Waals surface area contributed by atoms with Crippen LogP contribution in [0, 0.1) is 12.8 Å². The first-order valence-electron chi connectivity index (χ1n) is 9.23. The van der Waals surface area contributed by atoms with Crippen LogP contribution in [0.1, 0.15) is 43.4 Å². The van der Waals surface area contributed by atoms with Gasteiger partial charge in [0.05, 0.1) is 11.3 Å².